The molecule has 4 rings (SSSR count). The molecule has 132 valence electrons. The van der Waals surface area contributed by atoms with Crippen molar-refractivity contribution in [2.75, 3.05) is 5.75 Å². The first-order chi connectivity index (χ1) is 11.5. The molecular weight excluding hydrogens is 312 g/mol. The summed E-state index contributed by atoms with van der Waals surface area (Å²) < 4.78 is 0. The van der Waals surface area contributed by atoms with Crippen LogP contribution in [0.2, 0.25) is 0 Å². The van der Waals surface area contributed by atoms with E-state index in [0.717, 1.165) is 29.9 Å². The first kappa shape index (κ1) is 16.9. The molecule has 4 aliphatic rings. The Morgan fingerprint density at radius 1 is 1.25 bits per heavy atom. The van der Waals surface area contributed by atoms with Crippen LogP contribution < -0.4 is 0 Å². The minimum atomic E-state index is 0.376. The summed E-state index contributed by atoms with van der Waals surface area (Å²) in [4.78, 5) is 12.0. The third kappa shape index (κ3) is 2.64. The zero-order chi connectivity index (χ0) is 16.9. The van der Waals surface area contributed by atoms with Crippen molar-refractivity contribution in [2.45, 2.75) is 71.0 Å². The van der Waals surface area contributed by atoms with Crippen molar-refractivity contribution in [3.63, 3.8) is 0 Å². The van der Waals surface area contributed by atoms with Gasteiger partial charge in [-0.15, -0.1) is 0 Å². The van der Waals surface area contributed by atoms with Crippen molar-refractivity contribution < 1.29 is 4.79 Å². The van der Waals surface area contributed by atoms with Gasteiger partial charge in [-0.25, -0.2) is 0 Å². The van der Waals surface area contributed by atoms with Crippen LogP contribution in [0.3, 0.4) is 0 Å². The highest BCUT2D eigenvalue weighted by Gasteiger charge is 2.52. The maximum atomic E-state index is 12.0. The Morgan fingerprint density at radius 2 is 2.08 bits per heavy atom. The van der Waals surface area contributed by atoms with Crippen molar-refractivity contribution >= 4 is 17.5 Å². The average molecular weight is 345 g/mol. The van der Waals surface area contributed by atoms with Crippen molar-refractivity contribution in [3.8, 4) is 0 Å². The zero-order valence-corrected chi connectivity index (χ0v) is 16.3. The first-order valence-electron chi connectivity index (χ1n) is 10.0. The smallest absolute Gasteiger partial charge is 0.155 e. The van der Waals surface area contributed by atoms with E-state index in [1.54, 1.807) is 5.57 Å². The number of hydrogen-bond acceptors (Lipinski definition) is 2. The SMILES string of the molecule is C/C=C1/CCC2C3CC(C)C4=CC(=O)CC[C@H]4CSC3CC[C@]12C. The second-order valence-electron chi connectivity index (χ2n) is 8.93. The number of allylic oxidation sites excluding steroid dienone is 4. The van der Waals surface area contributed by atoms with Crippen LogP contribution in [0.1, 0.15) is 65.7 Å². The van der Waals surface area contributed by atoms with Gasteiger partial charge in [0, 0.05) is 17.4 Å². The van der Waals surface area contributed by atoms with E-state index in [2.05, 4.69) is 38.6 Å². The molecule has 0 radical (unpaired) electrons. The number of ketones is 1. The molecule has 3 fully saturated rings. The van der Waals surface area contributed by atoms with E-state index in [9.17, 15) is 4.79 Å². The molecular formula is C22H32OS. The molecule has 6 atom stereocenters. The molecule has 0 N–H and O–H groups in total. The van der Waals surface area contributed by atoms with Crippen molar-refractivity contribution in [2.24, 2.45) is 29.1 Å². The summed E-state index contributed by atoms with van der Waals surface area (Å²) in [7, 11) is 0. The predicted octanol–water partition coefficient (Wildman–Crippen LogP) is 5.81. The summed E-state index contributed by atoms with van der Waals surface area (Å²) >= 11 is 2.26. The Hall–Kier alpha value is -0.500. The van der Waals surface area contributed by atoms with Crippen LogP contribution in [-0.4, -0.2) is 16.8 Å². The molecule has 0 bridgehead atoms. The number of thioether (sulfide) groups is 1. The maximum absolute atomic E-state index is 12.0. The minimum Gasteiger partial charge on any atom is -0.295 e. The third-order valence-corrected chi connectivity index (χ3v) is 9.42. The fraction of sp³-hybridized carbons (Fsp3) is 0.773. The molecule has 0 aromatic carbocycles. The fourth-order valence-corrected chi connectivity index (χ4v) is 8.14. The Kier molecular flexibility index (Phi) is 4.48. The molecule has 0 aromatic rings. The molecule has 1 nitrogen and oxygen atoms in total. The van der Waals surface area contributed by atoms with Gasteiger partial charge in [0.25, 0.3) is 0 Å². The lowest BCUT2D eigenvalue weighted by molar-refractivity contribution is -0.115. The Balaban J connectivity index is 1.63. The molecule has 2 saturated carbocycles. The van der Waals surface area contributed by atoms with E-state index in [1.165, 1.54) is 43.4 Å². The normalized spacial score (nSPS) is 47.3. The van der Waals surface area contributed by atoms with Crippen LogP contribution in [0.4, 0.5) is 0 Å². The average Bonchev–Trinajstić information content (AvgIpc) is 2.90. The number of carbonyl (C=O) groups is 1. The summed E-state index contributed by atoms with van der Waals surface area (Å²) in [5.41, 5.74) is 3.69. The molecule has 24 heavy (non-hydrogen) atoms. The van der Waals surface area contributed by atoms with E-state index in [0.29, 0.717) is 23.0 Å². The summed E-state index contributed by atoms with van der Waals surface area (Å²) in [6.45, 7) is 7.20. The highest BCUT2D eigenvalue weighted by atomic mass is 32.2. The van der Waals surface area contributed by atoms with Gasteiger partial charge in [-0.05, 0) is 80.6 Å². The number of rotatable bonds is 0. The van der Waals surface area contributed by atoms with Crippen LogP contribution in [0.25, 0.3) is 0 Å². The van der Waals surface area contributed by atoms with Crippen LogP contribution in [0.5, 0.6) is 0 Å². The van der Waals surface area contributed by atoms with Crippen LogP contribution in [0.15, 0.2) is 23.3 Å². The van der Waals surface area contributed by atoms with Gasteiger partial charge in [0.2, 0.25) is 0 Å². The Morgan fingerprint density at radius 3 is 2.88 bits per heavy atom. The highest BCUT2D eigenvalue weighted by Crippen LogP contribution is 2.61. The van der Waals surface area contributed by atoms with Crippen molar-refractivity contribution in [1.82, 2.24) is 0 Å². The summed E-state index contributed by atoms with van der Waals surface area (Å²) in [5.74, 6) is 4.62. The Bertz CT molecular complexity index is 589. The van der Waals surface area contributed by atoms with Gasteiger partial charge < -0.3 is 0 Å². The molecule has 1 aliphatic heterocycles. The molecule has 0 aromatic heterocycles. The topological polar surface area (TPSA) is 17.1 Å². The number of carbonyl (C=O) groups excluding carboxylic acids is 1. The van der Waals surface area contributed by atoms with E-state index in [1.807, 2.05) is 6.08 Å². The molecule has 3 aliphatic carbocycles. The van der Waals surface area contributed by atoms with Crippen LogP contribution in [0, 0.1) is 29.1 Å². The van der Waals surface area contributed by atoms with Gasteiger partial charge in [-0.3, -0.25) is 4.79 Å². The fourth-order valence-electron chi connectivity index (χ4n) is 6.47. The van der Waals surface area contributed by atoms with E-state index in [-0.39, 0.29) is 0 Å². The molecule has 1 saturated heterocycles. The quantitative estimate of drug-likeness (QED) is 0.516. The highest BCUT2D eigenvalue weighted by molar-refractivity contribution is 7.99. The standard InChI is InChI=1S/C22H32OS/c1-4-16-6-8-20-19-11-14(2)18-12-17(23)7-5-15(18)13-24-21(19)9-10-22(16,20)3/h4,12,14-15,19-21H,5-11,13H2,1-3H3/b16-4-/t14?,15-,19?,20?,21?,22+/m0/s1. The minimum absolute atomic E-state index is 0.376. The van der Waals surface area contributed by atoms with Gasteiger partial charge in [-0.1, -0.05) is 31.1 Å². The predicted molar refractivity (Wildman–Crippen MR) is 103 cm³/mol. The lowest BCUT2D eigenvalue weighted by atomic mass is 9.60. The van der Waals surface area contributed by atoms with Crippen molar-refractivity contribution in [1.29, 1.82) is 0 Å². The lowest BCUT2D eigenvalue weighted by Crippen LogP contribution is -2.43. The van der Waals surface area contributed by atoms with Gasteiger partial charge in [0.15, 0.2) is 5.78 Å². The molecule has 4 unspecified atom stereocenters. The van der Waals surface area contributed by atoms with Gasteiger partial charge in [0.1, 0.15) is 0 Å². The molecule has 0 spiro atoms. The number of fused-ring (bicyclic) bond motifs is 4. The monoisotopic (exact) mass is 344 g/mol. The molecule has 0 amide bonds. The van der Waals surface area contributed by atoms with Crippen LogP contribution >= 0.6 is 11.8 Å². The van der Waals surface area contributed by atoms with Gasteiger partial charge in [0.05, 0.1) is 0 Å². The second kappa shape index (κ2) is 6.34. The first-order valence-corrected chi connectivity index (χ1v) is 11.1. The van der Waals surface area contributed by atoms with Crippen molar-refractivity contribution in [3.05, 3.63) is 23.3 Å². The van der Waals surface area contributed by atoms with Gasteiger partial charge >= 0.3 is 0 Å². The summed E-state index contributed by atoms with van der Waals surface area (Å²) in [6.07, 6.45) is 13.2. The third-order valence-electron chi connectivity index (χ3n) is 7.81. The summed E-state index contributed by atoms with van der Waals surface area (Å²) in [5, 5.41) is 0.862. The molecule has 1 heterocycles. The largest absolute Gasteiger partial charge is 0.295 e. The number of hydrogen-bond donors (Lipinski definition) is 0. The van der Waals surface area contributed by atoms with E-state index >= 15 is 0 Å². The zero-order valence-electron chi connectivity index (χ0n) is 15.5. The second-order valence-corrected chi connectivity index (χ2v) is 10.2. The van der Waals surface area contributed by atoms with E-state index < -0.39 is 0 Å². The van der Waals surface area contributed by atoms with Gasteiger partial charge in [-0.2, -0.15) is 11.8 Å². The van der Waals surface area contributed by atoms with E-state index in [4.69, 9.17) is 0 Å². The lowest BCUT2D eigenvalue weighted by Gasteiger charge is -2.49. The summed E-state index contributed by atoms with van der Waals surface area (Å²) in [6, 6.07) is 0. The maximum Gasteiger partial charge on any atom is 0.155 e. The van der Waals surface area contributed by atoms with Crippen LogP contribution in [-0.2, 0) is 4.79 Å². The Labute approximate surface area is 151 Å². The molecule has 2 heteroatoms.